The van der Waals surface area contributed by atoms with Crippen molar-refractivity contribution in [1.82, 2.24) is 4.57 Å². The topological polar surface area (TPSA) is 30.9 Å². The Hall–Kier alpha value is -1.33. The molecule has 4 rings (SSSR count). The van der Waals surface area contributed by atoms with E-state index in [0.29, 0.717) is 5.92 Å². The molecule has 1 aromatic carbocycles. The summed E-state index contributed by atoms with van der Waals surface area (Å²) in [6.07, 6.45) is 13.5. The first-order valence-corrected chi connectivity index (χ1v) is 8.45. The number of hydrogen-bond donors (Lipinski definition) is 1. The number of rotatable bonds is 1. The van der Waals surface area contributed by atoms with Gasteiger partial charge >= 0.3 is 0 Å². The van der Waals surface area contributed by atoms with Crippen LogP contribution in [0, 0.1) is 5.92 Å². The molecule has 1 heterocycles. The second-order valence-corrected chi connectivity index (χ2v) is 7.21. The molecule has 2 aliphatic rings. The molecule has 0 saturated carbocycles. The number of benzene rings is 1. The fraction of sp³-hybridized carbons (Fsp3) is 0.222. The molecule has 3 unspecified atom stereocenters. The molecule has 106 valence electrons. The number of para-hydroxylation sites is 1. The minimum Gasteiger partial charge on any atom is -0.316 e. The standard InChI is InChI=1S/C18H17IN2/c1-18-11-5-4-6-12(18)9-10-15-16(18)13-7-2-3-8-14(13)21(15)17(19)20/h2-12,17H,20H2,1H3. The van der Waals surface area contributed by atoms with E-state index < -0.39 is 0 Å². The Morgan fingerprint density at radius 3 is 2.86 bits per heavy atom. The molecule has 0 spiro atoms. The van der Waals surface area contributed by atoms with Crippen LogP contribution in [0.15, 0.2) is 54.6 Å². The zero-order valence-corrected chi connectivity index (χ0v) is 14.0. The van der Waals surface area contributed by atoms with Gasteiger partial charge in [0.2, 0.25) is 0 Å². The van der Waals surface area contributed by atoms with Crippen molar-refractivity contribution < 1.29 is 0 Å². The van der Waals surface area contributed by atoms with E-state index in [0.717, 1.165) is 0 Å². The van der Waals surface area contributed by atoms with Gasteiger partial charge in [-0.2, -0.15) is 0 Å². The van der Waals surface area contributed by atoms with E-state index in [1.807, 2.05) is 0 Å². The van der Waals surface area contributed by atoms with Crippen molar-refractivity contribution in [3.8, 4) is 0 Å². The monoisotopic (exact) mass is 388 g/mol. The van der Waals surface area contributed by atoms with Gasteiger partial charge in [-0.1, -0.05) is 55.5 Å². The van der Waals surface area contributed by atoms with Gasteiger partial charge < -0.3 is 10.3 Å². The summed E-state index contributed by atoms with van der Waals surface area (Å²) in [6.45, 7) is 2.33. The van der Waals surface area contributed by atoms with Gasteiger partial charge in [-0.05, 0) is 40.3 Å². The van der Waals surface area contributed by atoms with Crippen LogP contribution in [0.2, 0.25) is 0 Å². The van der Waals surface area contributed by atoms with Crippen molar-refractivity contribution in [2.45, 2.75) is 16.5 Å². The molecule has 0 bridgehead atoms. The van der Waals surface area contributed by atoms with Crippen LogP contribution >= 0.6 is 22.6 Å². The first-order valence-electron chi connectivity index (χ1n) is 7.20. The predicted octanol–water partition coefficient (Wildman–Crippen LogP) is 4.52. The van der Waals surface area contributed by atoms with Gasteiger partial charge in [-0.15, -0.1) is 0 Å². The quantitative estimate of drug-likeness (QED) is 0.435. The predicted molar refractivity (Wildman–Crippen MR) is 97.3 cm³/mol. The van der Waals surface area contributed by atoms with E-state index in [9.17, 15) is 0 Å². The van der Waals surface area contributed by atoms with Crippen molar-refractivity contribution in [2.75, 3.05) is 0 Å². The highest BCUT2D eigenvalue weighted by molar-refractivity contribution is 14.1. The molecular weight excluding hydrogens is 371 g/mol. The number of fused-ring (bicyclic) bond motifs is 5. The van der Waals surface area contributed by atoms with E-state index in [4.69, 9.17) is 5.73 Å². The van der Waals surface area contributed by atoms with Crippen molar-refractivity contribution in [3.05, 3.63) is 65.9 Å². The normalized spacial score (nSPS) is 27.7. The molecule has 1 aromatic heterocycles. The van der Waals surface area contributed by atoms with Gasteiger partial charge in [0.05, 0.1) is 5.52 Å². The van der Waals surface area contributed by atoms with Crippen LogP contribution in [0.3, 0.4) is 0 Å². The highest BCUT2D eigenvalue weighted by atomic mass is 127. The van der Waals surface area contributed by atoms with Crippen LogP contribution in [0.5, 0.6) is 0 Å². The van der Waals surface area contributed by atoms with E-state index in [1.54, 1.807) is 0 Å². The van der Waals surface area contributed by atoms with Gasteiger partial charge in [0.1, 0.15) is 4.17 Å². The Balaban J connectivity index is 2.13. The Kier molecular flexibility index (Phi) is 2.91. The molecule has 2 aromatic rings. The molecule has 3 heteroatoms. The summed E-state index contributed by atoms with van der Waals surface area (Å²) in [7, 11) is 0. The van der Waals surface area contributed by atoms with Crippen molar-refractivity contribution in [1.29, 1.82) is 0 Å². The second kappa shape index (κ2) is 4.58. The lowest BCUT2D eigenvalue weighted by molar-refractivity contribution is 0.493. The summed E-state index contributed by atoms with van der Waals surface area (Å²) in [6, 6.07) is 8.59. The van der Waals surface area contributed by atoms with Gasteiger partial charge in [-0.3, -0.25) is 0 Å². The molecule has 3 atom stereocenters. The van der Waals surface area contributed by atoms with Crippen LogP contribution < -0.4 is 5.73 Å². The van der Waals surface area contributed by atoms with Gasteiger partial charge in [-0.25, -0.2) is 0 Å². The summed E-state index contributed by atoms with van der Waals surface area (Å²) in [5.74, 6) is 0.416. The van der Waals surface area contributed by atoms with Gasteiger partial charge in [0.25, 0.3) is 0 Å². The lowest BCUT2D eigenvalue weighted by atomic mass is 9.66. The number of halogens is 1. The zero-order chi connectivity index (χ0) is 14.6. The van der Waals surface area contributed by atoms with Gasteiger partial charge in [0, 0.05) is 22.4 Å². The highest BCUT2D eigenvalue weighted by Gasteiger charge is 2.39. The van der Waals surface area contributed by atoms with Crippen LogP contribution in [0.1, 0.15) is 22.4 Å². The third kappa shape index (κ3) is 1.74. The van der Waals surface area contributed by atoms with Crippen molar-refractivity contribution >= 4 is 39.6 Å². The third-order valence-electron chi connectivity index (χ3n) is 4.76. The SMILES string of the molecule is CC12C=CC=CC1C=Cc1c2c2ccccc2n1C(N)I. The summed E-state index contributed by atoms with van der Waals surface area (Å²) < 4.78 is 2.18. The maximum absolute atomic E-state index is 6.24. The smallest absolute Gasteiger partial charge is 0.135 e. The summed E-state index contributed by atoms with van der Waals surface area (Å²) in [4.78, 5) is 0. The molecule has 0 amide bonds. The van der Waals surface area contributed by atoms with E-state index >= 15 is 0 Å². The van der Waals surface area contributed by atoms with Crippen molar-refractivity contribution in [3.63, 3.8) is 0 Å². The largest absolute Gasteiger partial charge is 0.316 e. The summed E-state index contributed by atoms with van der Waals surface area (Å²) in [5, 5.41) is 1.32. The second-order valence-electron chi connectivity index (χ2n) is 5.93. The molecule has 0 saturated heterocycles. The lowest BCUT2D eigenvalue weighted by Gasteiger charge is -2.37. The van der Waals surface area contributed by atoms with Gasteiger partial charge in [0.15, 0.2) is 0 Å². The highest BCUT2D eigenvalue weighted by Crippen LogP contribution is 2.48. The molecule has 2 nitrogen and oxygen atoms in total. The maximum atomic E-state index is 6.24. The number of nitrogens with zero attached hydrogens (tertiary/aromatic N) is 1. The van der Waals surface area contributed by atoms with Crippen LogP contribution in [0.25, 0.3) is 17.0 Å². The average Bonchev–Trinajstić information content (AvgIpc) is 2.82. The zero-order valence-electron chi connectivity index (χ0n) is 11.8. The minimum atomic E-state index is -0.0656. The molecule has 2 aliphatic carbocycles. The Morgan fingerprint density at radius 2 is 2.05 bits per heavy atom. The number of allylic oxidation sites excluding steroid dienone is 5. The third-order valence-corrected chi connectivity index (χ3v) is 5.32. The molecule has 2 N–H and O–H groups in total. The molecule has 0 aliphatic heterocycles. The average molecular weight is 388 g/mol. The first-order chi connectivity index (χ1) is 10.1. The van der Waals surface area contributed by atoms with Crippen molar-refractivity contribution in [2.24, 2.45) is 11.7 Å². The fourth-order valence-electron chi connectivity index (χ4n) is 3.74. The fourth-order valence-corrected chi connectivity index (χ4v) is 4.34. The molecule has 0 radical (unpaired) electrons. The number of hydrogen-bond acceptors (Lipinski definition) is 1. The van der Waals surface area contributed by atoms with E-state index in [1.165, 1.54) is 22.2 Å². The Morgan fingerprint density at radius 1 is 1.24 bits per heavy atom. The molecule has 0 fully saturated rings. The summed E-state index contributed by atoms with van der Waals surface area (Å²) >= 11 is 2.29. The van der Waals surface area contributed by atoms with E-state index in [-0.39, 0.29) is 9.59 Å². The van der Waals surface area contributed by atoms with Crippen LogP contribution in [-0.2, 0) is 5.41 Å². The lowest BCUT2D eigenvalue weighted by Crippen LogP contribution is -2.32. The number of alkyl halides is 1. The molecule has 21 heavy (non-hydrogen) atoms. The maximum Gasteiger partial charge on any atom is 0.135 e. The Bertz CT molecular complexity index is 810. The Labute approximate surface area is 138 Å². The number of aromatic nitrogens is 1. The first kappa shape index (κ1) is 13.3. The summed E-state index contributed by atoms with van der Waals surface area (Å²) in [5.41, 5.74) is 10.1. The van der Waals surface area contributed by atoms with E-state index in [2.05, 4.69) is 94.8 Å². The minimum absolute atomic E-state index is 0.00914. The van der Waals surface area contributed by atoms with Crippen LogP contribution in [-0.4, -0.2) is 4.57 Å². The molecular formula is C18H17IN2. The number of nitrogens with two attached hydrogens (primary N) is 1. The van der Waals surface area contributed by atoms with Crippen LogP contribution in [0.4, 0.5) is 0 Å².